The fourth-order valence-electron chi connectivity index (χ4n) is 4.06. The molecule has 33 heavy (non-hydrogen) atoms. The van der Waals surface area contributed by atoms with E-state index in [-0.39, 0.29) is 6.04 Å². The lowest BCUT2D eigenvalue weighted by Crippen LogP contribution is -2.09. The number of nitrogens with zero attached hydrogens (tertiary/aromatic N) is 2. The van der Waals surface area contributed by atoms with Crippen molar-refractivity contribution < 1.29 is 4.74 Å². The second kappa shape index (κ2) is 8.86. The number of aromatic nitrogens is 2. The third-order valence-electron chi connectivity index (χ3n) is 5.78. The lowest BCUT2D eigenvalue weighted by Gasteiger charge is -2.15. The molecule has 0 fully saturated rings. The van der Waals surface area contributed by atoms with Crippen LogP contribution in [-0.4, -0.2) is 16.9 Å². The van der Waals surface area contributed by atoms with Crippen LogP contribution in [0.25, 0.3) is 33.3 Å². The molecule has 0 bridgehead atoms. The van der Waals surface area contributed by atoms with Gasteiger partial charge < -0.3 is 4.74 Å². The van der Waals surface area contributed by atoms with Gasteiger partial charge in [0.1, 0.15) is 5.75 Å². The highest BCUT2D eigenvalue weighted by molar-refractivity contribution is 7.12. The zero-order chi connectivity index (χ0) is 23.1. The van der Waals surface area contributed by atoms with E-state index in [2.05, 4.69) is 61.0 Å². The van der Waals surface area contributed by atoms with Gasteiger partial charge in [0.15, 0.2) is 0 Å². The first-order chi connectivity index (χ1) is 15.9. The summed E-state index contributed by atoms with van der Waals surface area (Å²) in [5.74, 6) is 0.849. The molecular weight excluding hydrogens is 471 g/mol. The van der Waals surface area contributed by atoms with Crippen LogP contribution in [0.2, 0.25) is 10.0 Å². The van der Waals surface area contributed by atoms with E-state index in [0.717, 1.165) is 39.0 Å². The van der Waals surface area contributed by atoms with Crippen LogP contribution in [0.3, 0.4) is 0 Å². The summed E-state index contributed by atoms with van der Waals surface area (Å²) in [6.07, 6.45) is 0. The standard InChI is InChI=1S/C27H22Cl2N2OS/c1-16-4-9-27(33-16)17(2)31-26(15-25(30-31)21-11-22(28)14-23(29)12-21)20-6-5-19-13-24(32-3)8-7-18(19)10-20/h4-15,17H,1-3H3. The van der Waals surface area contributed by atoms with Crippen LogP contribution in [0, 0.1) is 6.92 Å². The van der Waals surface area contributed by atoms with Gasteiger partial charge >= 0.3 is 0 Å². The third-order valence-corrected chi connectivity index (χ3v) is 7.38. The van der Waals surface area contributed by atoms with Crippen molar-refractivity contribution in [3.8, 4) is 28.3 Å². The second-order valence-corrected chi connectivity index (χ2v) is 10.3. The van der Waals surface area contributed by atoms with Crippen molar-refractivity contribution in [3.05, 3.63) is 92.6 Å². The summed E-state index contributed by atoms with van der Waals surface area (Å²) < 4.78 is 7.47. The van der Waals surface area contributed by atoms with Gasteiger partial charge in [-0.2, -0.15) is 5.10 Å². The Morgan fingerprint density at radius 3 is 2.27 bits per heavy atom. The summed E-state index contributed by atoms with van der Waals surface area (Å²) in [5.41, 5.74) is 3.87. The number of hydrogen-bond donors (Lipinski definition) is 0. The van der Waals surface area contributed by atoms with Gasteiger partial charge in [-0.1, -0.05) is 41.4 Å². The number of methoxy groups -OCH3 is 1. The maximum absolute atomic E-state index is 6.29. The van der Waals surface area contributed by atoms with E-state index in [1.54, 1.807) is 24.5 Å². The smallest absolute Gasteiger partial charge is 0.119 e. The van der Waals surface area contributed by atoms with Crippen molar-refractivity contribution in [3.63, 3.8) is 0 Å². The SMILES string of the molecule is COc1ccc2cc(-c3cc(-c4cc(Cl)cc(Cl)c4)nn3C(C)c3ccc(C)s3)ccc2c1. The van der Waals surface area contributed by atoms with E-state index < -0.39 is 0 Å². The predicted octanol–water partition coefficient (Wildman–Crippen LogP) is 8.66. The molecule has 0 amide bonds. The molecule has 0 saturated heterocycles. The molecule has 0 radical (unpaired) electrons. The van der Waals surface area contributed by atoms with Gasteiger partial charge in [-0.25, -0.2) is 0 Å². The molecule has 0 aliphatic rings. The fraction of sp³-hybridized carbons (Fsp3) is 0.148. The predicted molar refractivity (Wildman–Crippen MR) is 140 cm³/mol. The highest BCUT2D eigenvalue weighted by atomic mass is 35.5. The summed E-state index contributed by atoms with van der Waals surface area (Å²) in [7, 11) is 1.69. The van der Waals surface area contributed by atoms with Gasteiger partial charge in [-0.15, -0.1) is 11.3 Å². The van der Waals surface area contributed by atoms with Crippen LogP contribution in [0.15, 0.2) is 72.8 Å². The largest absolute Gasteiger partial charge is 0.497 e. The summed E-state index contributed by atoms with van der Waals surface area (Å²) in [5, 5.41) is 8.48. The lowest BCUT2D eigenvalue weighted by atomic mass is 10.0. The van der Waals surface area contributed by atoms with Crippen molar-refractivity contribution in [2.24, 2.45) is 0 Å². The van der Waals surface area contributed by atoms with Crippen molar-refractivity contribution in [2.45, 2.75) is 19.9 Å². The molecule has 0 spiro atoms. The number of fused-ring (bicyclic) bond motifs is 1. The van der Waals surface area contributed by atoms with E-state index in [1.165, 1.54) is 9.75 Å². The Balaban J connectivity index is 1.67. The van der Waals surface area contributed by atoms with Crippen LogP contribution in [0.5, 0.6) is 5.75 Å². The van der Waals surface area contributed by atoms with Crippen molar-refractivity contribution in [1.82, 2.24) is 9.78 Å². The van der Waals surface area contributed by atoms with E-state index in [4.69, 9.17) is 33.0 Å². The van der Waals surface area contributed by atoms with Crippen molar-refractivity contribution in [1.29, 1.82) is 0 Å². The molecule has 0 aliphatic carbocycles. The minimum atomic E-state index is 0.0775. The third kappa shape index (κ3) is 4.39. The first kappa shape index (κ1) is 22.0. The lowest BCUT2D eigenvalue weighted by molar-refractivity contribution is 0.415. The van der Waals surface area contributed by atoms with Crippen molar-refractivity contribution >= 4 is 45.3 Å². The van der Waals surface area contributed by atoms with Crippen LogP contribution < -0.4 is 4.74 Å². The van der Waals surface area contributed by atoms with Crippen LogP contribution >= 0.6 is 34.5 Å². The van der Waals surface area contributed by atoms with Crippen molar-refractivity contribution in [2.75, 3.05) is 7.11 Å². The summed E-state index contributed by atoms with van der Waals surface area (Å²) in [6.45, 7) is 4.31. The molecule has 5 rings (SSSR count). The Hall–Kier alpha value is -2.79. The van der Waals surface area contributed by atoms with Gasteiger partial charge in [0.2, 0.25) is 0 Å². The topological polar surface area (TPSA) is 27.1 Å². The molecule has 1 unspecified atom stereocenters. The number of ether oxygens (including phenoxy) is 1. The number of hydrogen-bond acceptors (Lipinski definition) is 3. The molecule has 2 aromatic heterocycles. The Morgan fingerprint density at radius 2 is 1.58 bits per heavy atom. The monoisotopic (exact) mass is 492 g/mol. The minimum Gasteiger partial charge on any atom is -0.497 e. The minimum absolute atomic E-state index is 0.0775. The fourth-order valence-corrected chi connectivity index (χ4v) is 5.50. The number of aryl methyl sites for hydroxylation is 1. The Kier molecular flexibility index (Phi) is 5.92. The van der Waals surface area contributed by atoms with Gasteiger partial charge in [-0.3, -0.25) is 4.68 Å². The average molecular weight is 493 g/mol. The van der Waals surface area contributed by atoms with Gasteiger partial charge in [0.05, 0.1) is 24.5 Å². The number of thiophene rings is 1. The van der Waals surface area contributed by atoms with E-state index in [9.17, 15) is 0 Å². The molecular formula is C27H22Cl2N2OS. The zero-order valence-corrected chi connectivity index (χ0v) is 20.8. The molecule has 2 heterocycles. The van der Waals surface area contributed by atoms with Gasteiger partial charge in [0, 0.05) is 30.9 Å². The highest BCUT2D eigenvalue weighted by Gasteiger charge is 2.19. The Labute approximate surface area is 207 Å². The molecule has 3 nitrogen and oxygen atoms in total. The molecule has 0 saturated carbocycles. The molecule has 1 atom stereocenters. The summed E-state index contributed by atoms with van der Waals surface area (Å²) in [4.78, 5) is 2.55. The van der Waals surface area contributed by atoms with Gasteiger partial charge in [-0.05, 0) is 79.2 Å². The van der Waals surface area contributed by atoms with Crippen LogP contribution in [0.1, 0.15) is 22.7 Å². The number of benzene rings is 3. The summed E-state index contributed by atoms with van der Waals surface area (Å²) in [6, 6.07) is 24.6. The number of halogens is 2. The highest BCUT2D eigenvalue weighted by Crippen LogP contribution is 2.36. The molecule has 0 aliphatic heterocycles. The maximum atomic E-state index is 6.29. The Morgan fingerprint density at radius 1 is 0.848 bits per heavy atom. The molecule has 5 aromatic rings. The quantitative estimate of drug-likeness (QED) is 0.245. The second-order valence-electron chi connectivity index (χ2n) is 8.07. The van der Waals surface area contributed by atoms with E-state index in [1.807, 2.05) is 24.3 Å². The number of rotatable bonds is 5. The van der Waals surface area contributed by atoms with E-state index >= 15 is 0 Å². The first-order valence-corrected chi connectivity index (χ1v) is 12.2. The molecule has 3 aromatic carbocycles. The Bertz CT molecular complexity index is 1450. The van der Waals surface area contributed by atoms with Gasteiger partial charge in [0.25, 0.3) is 0 Å². The molecule has 166 valence electrons. The average Bonchev–Trinajstić information content (AvgIpc) is 3.44. The van der Waals surface area contributed by atoms with Crippen LogP contribution in [-0.2, 0) is 0 Å². The first-order valence-electron chi connectivity index (χ1n) is 10.6. The molecule has 0 N–H and O–H groups in total. The van der Waals surface area contributed by atoms with E-state index in [0.29, 0.717) is 10.0 Å². The zero-order valence-electron chi connectivity index (χ0n) is 18.5. The molecule has 6 heteroatoms. The normalized spacial score (nSPS) is 12.3. The maximum Gasteiger partial charge on any atom is 0.119 e. The van der Waals surface area contributed by atoms with Crippen LogP contribution in [0.4, 0.5) is 0 Å². The summed E-state index contributed by atoms with van der Waals surface area (Å²) >= 11 is 14.4.